The summed E-state index contributed by atoms with van der Waals surface area (Å²) in [4.78, 5) is 51.9. The molecule has 5 rings (SSSR count). The molecule has 1 N–H and O–H groups in total. The van der Waals surface area contributed by atoms with Crippen molar-refractivity contribution in [2.75, 3.05) is 31.6 Å². The zero-order valence-corrected chi connectivity index (χ0v) is 17.6. The van der Waals surface area contributed by atoms with Crippen LogP contribution in [-0.4, -0.2) is 64.2 Å². The van der Waals surface area contributed by atoms with Crippen LogP contribution in [0.1, 0.15) is 38.2 Å². The van der Waals surface area contributed by atoms with Gasteiger partial charge < -0.3 is 19.7 Å². The summed E-state index contributed by atoms with van der Waals surface area (Å²) in [6, 6.07) is 5.57. The van der Waals surface area contributed by atoms with Gasteiger partial charge in [-0.05, 0) is 37.1 Å². The molecule has 5 heterocycles. The number of carbonyl (C=O) groups is 3. The van der Waals surface area contributed by atoms with E-state index in [0.717, 1.165) is 15.8 Å². The Morgan fingerprint density at radius 1 is 1.30 bits per heavy atom. The lowest BCUT2D eigenvalue weighted by Gasteiger charge is -2.27. The first kappa shape index (κ1) is 18.8. The highest BCUT2D eigenvalue weighted by atomic mass is 32.1. The summed E-state index contributed by atoms with van der Waals surface area (Å²) in [7, 11) is 1.66. The number of aromatic nitrogens is 2. The topological polar surface area (TPSA) is 89.6 Å². The molecule has 0 atom stereocenters. The van der Waals surface area contributed by atoms with E-state index in [-0.39, 0.29) is 24.3 Å². The molecule has 3 aromatic heterocycles. The Balaban J connectivity index is 1.49. The van der Waals surface area contributed by atoms with Crippen molar-refractivity contribution < 1.29 is 14.4 Å². The Bertz CT molecular complexity index is 1160. The summed E-state index contributed by atoms with van der Waals surface area (Å²) in [6.07, 6.45) is 2.28. The molecule has 0 unspecified atom stereocenters. The Kier molecular flexibility index (Phi) is 4.35. The molecule has 30 heavy (non-hydrogen) atoms. The second-order valence-electron chi connectivity index (χ2n) is 7.58. The number of amides is 3. The van der Waals surface area contributed by atoms with Crippen LogP contribution in [0, 0.1) is 0 Å². The van der Waals surface area contributed by atoms with Crippen molar-refractivity contribution in [1.82, 2.24) is 19.8 Å². The molecule has 0 radical (unpaired) electrons. The van der Waals surface area contributed by atoms with E-state index >= 15 is 0 Å². The van der Waals surface area contributed by atoms with Crippen LogP contribution in [0.5, 0.6) is 0 Å². The van der Waals surface area contributed by atoms with Crippen molar-refractivity contribution in [2.24, 2.45) is 0 Å². The Morgan fingerprint density at radius 3 is 2.90 bits per heavy atom. The van der Waals surface area contributed by atoms with Gasteiger partial charge in [0.15, 0.2) is 0 Å². The van der Waals surface area contributed by atoms with E-state index in [1.54, 1.807) is 23.0 Å². The van der Waals surface area contributed by atoms with Gasteiger partial charge in [-0.25, -0.2) is 4.98 Å². The smallest absolute Gasteiger partial charge is 0.270 e. The van der Waals surface area contributed by atoms with Gasteiger partial charge >= 0.3 is 0 Å². The fourth-order valence-electron chi connectivity index (χ4n) is 4.20. The van der Waals surface area contributed by atoms with E-state index in [1.807, 2.05) is 25.1 Å². The van der Waals surface area contributed by atoms with Gasteiger partial charge in [0.1, 0.15) is 22.9 Å². The van der Waals surface area contributed by atoms with Crippen LogP contribution < -0.4 is 4.90 Å². The van der Waals surface area contributed by atoms with Crippen molar-refractivity contribution in [3.05, 3.63) is 46.1 Å². The van der Waals surface area contributed by atoms with E-state index in [0.29, 0.717) is 48.0 Å². The minimum atomic E-state index is -0.117. The van der Waals surface area contributed by atoms with Crippen molar-refractivity contribution >= 4 is 45.1 Å². The summed E-state index contributed by atoms with van der Waals surface area (Å²) in [6.45, 7) is 3.46. The number of H-pyrrole nitrogens is 1. The number of rotatable bonds is 2. The molecule has 0 aliphatic carbocycles. The molecule has 0 fully saturated rings. The van der Waals surface area contributed by atoms with Gasteiger partial charge in [0.25, 0.3) is 11.8 Å². The number of hydrogen-bond donors (Lipinski definition) is 1. The quantitative estimate of drug-likeness (QED) is 0.685. The number of aromatic amines is 1. The first-order chi connectivity index (χ1) is 14.5. The van der Waals surface area contributed by atoms with Crippen molar-refractivity contribution in [3.63, 3.8) is 0 Å². The highest BCUT2D eigenvalue weighted by molar-refractivity contribution is 7.17. The maximum absolute atomic E-state index is 13.1. The standard InChI is InChI=1S/C21H21N5O3S/c1-3-26-16(27)11-24(2)20(29)17-13-6-8-25(10-15(13)30-21(17)26)19(28)14-9-12-5-4-7-22-18(12)23-14/h4-5,7,9H,3,6,8,10-11H2,1-2H3,(H,22,23). The zero-order chi connectivity index (χ0) is 21.0. The predicted molar refractivity (Wildman–Crippen MR) is 114 cm³/mol. The van der Waals surface area contributed by atoms with Crippen LogP contribution in [0.4, 0.5) is 5.00 Å². The molecule has 0 aromatic carbocycles. The molecule has 8 nitrogen and oxygen atoms in total. The minimum absolute atomic E-state index is 0.0794. The van der Waals surface area contributed by atoms with E-state index < -0.39 is 0 Å². The van der Waals surface area contributed by atoms with Crippen LogP contribution >= 0.6 is 11.3 Å². The molecule has 0 saturated heterocycles. The first-order valence-corrected chi connectivity index (χ1v) is 10.7. The number of nitrogens with zero attached hydrogens (tertiary/aromatic N) is 4. The number of likely N-dealkylation sites (N-methyl/N-ethyl adjacent to an activating group) is 2. The summed E-state index contributed by atoms with van der Waals surface area (Å²) in [5, 5.41) is 1.61. The maximum Gasteiger partial charge on any atom is 0.270 e. The Hall–Kier alpha value is -3.20. The van der Waals surface area contributed by atoms with Gasteiger partial charge in [0.2, 0.25) is 5.91 Å². The second-order valence-corrected chi connectivity index (χ2v) is 8.67. The number of carbonyl (C=O) groups excluding carboxylic acids is 3. The molecule has 9 heteroatoms. The Morgan fingerprint density at radius 2 is 2.13 bits per heavy atom. The number of nitrogens with one attached hydrogen (secondary N) is 1. The van der Waals surface area contributed by atoms with Crippen molar-refractivity contribution in [3.8, 4) is 0 Å². The van der Waals surface area contributed by atoms with Crippen molar-refractivity contribution in [1.29, 1.82) is 0 Å². The van der Waals surface area contributed by atoms with E-state index in [4.69, 9.17) is 0 Å². The Labute approximate surface area is 177 Å². The largest absolute Gasteiger partial charge is 0.335 e. The molecule has 3 aromatic rings. The number of thiophene rings is 1. The molecule has 0 spiro atoms. The summed E-state index contributed by atoms with van der Waals surface area (Å²) < 4.78 is 0. The molecule has 0 bridgehead atoms. The van der Waals surface area contributed by atoms with Crippen molar-refractivity contribution in [2.45, 2.75) is 19.9 Å². The second kappa shape index (κ2) is 6.94. The normalized spacial score (nSPS) is 16.7. The third-order valence-corrected chi connectivity index (χ3v) is 6.98. The monoisotopic (exact) mass is 423 g/mol. The summed E-state index contributed by atoms with van der Waals surface area (Å²) in [5.74, 6) is -0.286. The predicted octanol–water partition coefficient (Wildman–Crippen LogP) is 2.26. The van der Waals surface area contributed by atoms with Crippen LogP contribution in [0.2, 0.25) is 0 Å². The molecule has 0 saturated carbocycles. The fourth-order valence-corrected chi connectivity index (χ4v) is 5.64. The molecule has 154 valence electrons. The summed E-state index contributed by atoms with van der Waals surface area (Å²) in [5.41, 5.74) is 2.80. The van der Waals surface area contributed by atoms with Gasteiger partial charge in [-0.3, -0.25) is 14.4 Å². The van der Waals surface area contributed by atoms with Crippen LogP contribution in [0.15, 0.2) is 24.4 Å². The maximum atomic E-state index is 13.1. The molecule has 3 amide bonds. The SMILES string of the molecule is CCN1C(=O)CN(C)C(=O)c2c1sc1c2CCN(C(=O)c2cc3cccnc3[nH]2)C1. The highest BCUT2D eigenvalue weighted by Gasteiger charge is 2.37. The van der Waals surface area contributed by atoms with Crippen LogP contribution in [0.25, 0.3) is 11.0 Å². The van der Waals surface area contributed by atoms with Gasteiger partial charge in [-0.2, -0.15) is 0 Å². The zero-order valence-electron chi connectivity index (χ0n) is 16.8. The lowest BCUT2D eigenvalue weighted by molar-refractivity contribution is -0.118. The fraction of sp³-hybridized carbons (Fsp3) is 0.333. The van der Waals surface area contributed by atoms with Gasteiger partial charge in [-0.1, -0.05) is 0 Å². The average molecular weight is 423 g/mol. The van der Waals surface area contributed by atoms with Gasteiger partial charge in [0.05, 0.1) is 12.1 Å². The lowest BCUT2D eigenvalue weighted by Crippen LogP contribution is -2.38. The summed E-state index contributed by atoms with van der Waals surface area (Å²) >= 11 is 1.46. The number of fused-ring (bicyclic) bond motifs is 4. The first-order valence-electron chi connectivity index (χ1n) is 9.91. The third-order valence-electron chi connectivity index (χ3n) is 5.74. The molecular weight excluding hydrogens is 402 g/mol. The third kappa shape index (κ3) is 2.80. The van der Waals surface area contributed by atoms with E-state index in [1.165, 1.54) is 16.2 Å². The molecule has 2 aliphatic heterocycles. The minimum Gasteiger partial charge on any atom is -0.335 e. The number of anilines is 1. The lowest BCUT2D eigenvalue weighted by atomic mass is 10.0. The van der Waals surface area contributed by atoms with Crippen LogP contribution in [0.3, 0.4) is 0 Å². The van der Waals surface area contributed by atoms with Crippen LogP contribution in [-0.2, 0) is 17.8 Å². The molecule has 2 aliphatic rings. The van der Waals surface area contributed by atoms with Gasteiger partial charge in [0, 0.05) is 36.6 Å². The van der Waals surface area contributed by atoms with E-state index in [9.17, 15) is 14.4 Å². The number of pyridine rings is 1. The highest BCUT2D eigenvalue weighted by Crippen LogP contribution is 2.41. The average Bonchev–Trinajstić information content (AvgIpc) is 3.32. The van der Waals surface area contributed by atoms with Gasteiger partial charge in [-0.15, -0.1) is 11.3 Å². The van der Waals surface area contributed by atoms with E-state index in [2.05, 4.69) is 9.97 Å². The molecular formula is C21H21N5O3S. The number of hydrogen-bond acceptors (Lipinski definition) is 5.